The Balaban J connectivity index is 5.46. The molecule has 0 rings (SSSR count). The smallest absolute Gasteiger partial charge is 0.306 e. The molecule has 3 atom stereocenters. The van der Waals surface area contributed by atoms with Crippen LogP contribution in [-0.2, 0) is 9.59 Å². The normalized spacial score (nSPS) is 18.2. The van der Waals surface area contributed by atoms with Gasteiger partial charge in [-0.05, 0) is 10.8 Å². The predicted octanol–water partition coefficient (Wildman–Crippen LogP) is 2.55. The summed E-state index contributed by atoms with van der Waals surface area (Å²) in [6, 6.07) is 0. The van der Waals surface area contributed by atoms with Crippen LogP contribution in [0.1, 0.15) is 41.5 Å². The van der Waals surface area contributed by atoms with Crippen molar-refractivity contribution in [1.29, 1.82) is 0 Å². The van der Waals surface area contributed by atoms with E-state index in [1.165, 1.54) is 0 Å². The molecule has 4 heteroatoms. The van der Waals surface area contributed by atoms with Gasteiger partial charge in [0.1, 0.15) is 6.29 Å². The summed E-state index contributed by atoms with van der Waals surface area (Å²) in [5.74, 6) is -3.00. The Morgan fingerprint density at radius 3 is 1.82 bits per heavy atom. The Hall–Kier alpha value is -0.795. The van der Waals surface area contributed by atoms with Crippen LogP contribution in [0.4, 0.5) is 0 Å². The summed E-state index contributed by atoms with van der Waals surface area (Å²) in [6.45, 7) is 11.5. The average Bonchev–Trinajstić information content (AvgIpc) is 2.09. The first-order valence-corrected chi connectivity index (χ1v) is 5.90. The van der Waals surface area contributed by atoms with Crippen LogP contribution in [0.25, 0.3) is 0 Å². The second-order valence-corrected chi connectivity index (χ2v) is 6.36. The van der Waals surface area contributed by atoms with E-state index < -0.39 is 29.0 Å². The monoisotopic (exact) mass is 238 g/mol. The molecule has 0 saturated carbocycles. The van der Waals surface area contributed by atoms with Crippen molar-refractivity contribution in [3.63, 3.8) is 0 Å². The maximum Gasteiger partial charge on any atom is 0.306 e. The van der Waals surface area contributed by atoms with Gasteiger partial charge in [0, 0.05) is 5.92 Å². The maximum absolute atomic E-state index is 11.3. The minimum absolute atomic E-state index is 0.179. The third kappa shape index (κ3) is 3.33. The summed E-state index contributed by atoms with van der Waals surface area (Å²) >= 11 is 0. The lowest BCUT2D eigenvalue weighted by Crippen LogP contribution is -2.45. The molecule has 2 radical (unpaired) electrons. The number of hydrogen-bond acceptors (Lipinski definition) is 2. The highest BCUT2D eigenvalue weighted by Gasteiger charge is 2.46. The van der Waals surface area contributed by atoms with Crippen molar-refractivity contribution in [2.75, 3.05) is 0 Å². The second-order valence-electron chi connectivity index (χ2n) is 6.36. The molecule has 0 aliphatic heterocycles. The van der Waals surface area contributed by atoms with Gasteiger partial charge < -0.3 is 9.90 Å². The van der Waals surface area contributed by atoms with Gasteiger partial charge in [0.05, 0.1) is 13.8 Å². The number of aliphatic carboxylic acids is 1. The molecule has 0 amide bonds. The predicted molar refractivity (Wildman–Crippen MR) is 69.1 cm³/mol. The Kier molecular flexibility index (Phi) is 4.99. The summed E-state index contributed by atoms with van der Waals surface area (Å²) in [7, 11) is 5.71. The number of carbonyl (C=O) groups is 2. The fraction of sp³-hybridized carbons (Fsp3) is 0.846. The van der Waals surface area contributed by atoms with E-state index in [0.29, 0.717) is 0 Å². The Morgan fingerprint density at radius 2 is 1.65 bits per heavy atom. The molecule has 0 fully saturated rings. The summed E-state index contributed by atoms with van der Waals surface area (Å²) in [4.78, 5) is 22.6. The molecule has 3 unspecified atom stereocenters. The van der Waals surface area contributed by atoms with E-state index in [4.69, 9.17) is 7.85 Å². The highest BCUT2D eigenvalue weighted by molar-refractivity contribution is 6.13. The lowest BCUT2D eigenvalue weighted by atomic mass is 9.56. The van der Waals surface area contributed by atoms with E-state index >= 15 is 0 Å². The SMILES string of the molecule is [B]C(C)C(C(=O)O)C(C=O)C(C)(C)C(C)(C)C. The zero-order valence-electron chi connectivity index (χ0n) is 11.7. The number of aldehydes is 1. The number of carbonyl (C=O) groups excluding carboxylic acids is 1. The highest BCUT2D eigenvalue weighted by Crippen LogP contribution is 2.48. The van der Waals surface area contributed by atoms with Crippen LogP contribution >= 0.6 is 0 Å². The molecule has 0 heterocycles. The van der Waals surface area contributed by atoms with E-state index in [2.05, 4.69) is 0 Å². The van der Waals surface area contributed by atoms with Gasteiger partial charge in [-0.1, -0.05) is 47.4 Å². The van der Waals surface area contributed by atoms with Gasteiger partial charge >= 0.3 is 5.97 Å². The fourth-order valence-electron chi connectivity index (χ4n) is 1.91. The van der Waals surface area contributed by atoms with Gasteiger partial charge in [-0.15, -0.1) is 0 Å². The van der Waals surface area contributed by atoms with E-state index in [1.54, 1.807) is 6.92 Å². The number of hydrogen-bond donors (Lipinski definition) is 1. The Labute approximate surface area is 105 Å². The molecule has 3 nitrogen and oxygen atoms in total. The van der Waals surface area contributed by atoms with Crippen molar-refractivity contribution in [1.82, 2.24) is 0 Å². The van der Waals surface area contributed by atoms with Crippen LogP contribution in [0.3, 0.4) is 0 Å². The molecule has 17 heavy (non-hydrogen) atoms. The quantitative estimate of drug-likeness (QED) is 0.591. The standard InChI is InChI=1S/C13H23BO3/c1-8(14)10(11(16)17)9(7-15)13(5,6)12(2,3)4/h7-10H,1-6H3,(H,16,17). The molecule has 0 bridgehead atoms. The van der Waals surface area contributed by atoms with Gasteiger partial charge in [-0.25, -0.2) is 0 Å². The van der Waals surface area contributed by atoms with Gasteiger partial charge in [-0.3, -0.25) is 4.79 Å². The third-order valence-electron chi connectivity index (χ3n) is 4.15. The van der Waals surface area contributed by atoms with E-state index in [1.807, 2.05) is 34.6 Å². The summed E-state index contributed by atoms with van der Waals surface area (Å²) in [5, 5.41) is 9.24. The molecule has 0 aromatic rings. The fourth-order valence-corrected chi connectivity index (χ4v) is 1.91. The van der Waals surface area contributed by atoms with Crippen LogP contribution < -0.4 is 0 Å². The van der Waals surface area contributed by atoms with Gasteiger partial charge in [0.25, 0.3) is 0 Å². The Bertz CT molecular complexity index is 290. The topological polar surface area (TPSA) is 54.4 Å². The molecule has 0 aliphatic rings. The average molecular weight is 238 g/mol. The molecular weight excluding hydrogens is 215 g/mol. The Morgan fingerprint density at radius 1 is 1.24 bits per heavy atom. The van der Waals surface area contributed by atoms with E-state index in [0.717, 1.165) is 6.29 Å². The van der Waals surface area contributed by atoms with Crippen LogP contribution in [0.15, 0.2) is 0 Å². The highest BCUT2D eigenvalue weighted by atomic mass is 16.4. The third-order valence-corrected chi connectivity index (χ3v) is 4.15. The molecule has 0 spiro atoms. The first-order chi connectivity index (χ1) is 7.46. The lowest BCUT2D eigenvalue weighted by Gasteiger charge is -2.45. The number of rotatable bonds is 5. The molecule has 0 aliphatic carbocycles. The zero-order valence-corrected chi connectivity index (χ0v) is 11.7. The van der Waals surface area contributed by atoms with Gasteiger partial charge in [0.2, 0.25) is 0 Å². The largest absolute Gasteiger partial charge is 0.481 e. The van der Waals surface area contributed by atoms with Crippen molar-refractivity contribution in [2.45, 2.75) is 47.4 Å². The molecular formula is C13H23BO3. The molecule has 96 valence electrons. The van der Waals surface area contributed by atoms with Crippen molar-refractivity contribution in [2.24, 2.45) is 22.7 Å². The molecule has 1 N–H and O–H groups in total. The van der Waals surface area contributed by atoms with Crippen LogP contribution in [0, 0.1) is 22.7 Å². The van der Waals surface area contributed by atoms with Crippen LogP contribution in [-0.4, -0.2) is 25.2 Å². The minimum atomic E-state index is -1.01. The number of carboxylic acid groups (broad SMARTS) is 1. The molecule has 0 aromatic heterocycles. The van der Waals surface area contributed by atoms with Gasteiger partial charge in [0.15, 0.2) is 0 Å². The number of carboxylic acids is 1. The minimum Gasteiger partial charge on any atom is -0.481 e. The van der Waals surface area contributed by atoms with E-state index in [-0.39, 0.29) is 5.41 Å². The molecule has 0 aromatic carbocycles. The summed E-state index contributed by atoms with van der Waals surface area (Å²) < 4.78 is 0. The van der Waals surface area contributed by atoms with Crippen LogP contribution in [0.5, 0.6) is 0 Å². The first kappa shape index (κ1) is 16.2. The zero-order chi connectivity index (χ0) is 14.0. The van der Waals surface area contributed by atoms with E-state index in [9.17, 15) is 14.7 Å². The lowest BCUT2D eigenvalue weighted by molar-refractivity contribution is -0.149. The summed E-state index contributed by atoms with van der Waals surface area (Å²) in [6.07, 6.45) is 0.743. The first-order valence-electron chi connectivity index (χ1n) is 5.90. The van der Waals surface area contributed by atoms with Crippen molar-refractivity contribution >= 4 is 20.1 Å². The van der Waals surface area contributed by atoms with Gasteiger partial charge in [-0.2, -0.15) is 0 Å². The van der Waals surface area contributed by atoms with Crippen molar-refractivity contribution < 1.29 is 14.7 Å². The summed E-state index contributed by atoms with van der Waals surface area (Å²) in [5.41, 5.74) is -0.618. The second kappa shape index (κ2) is 5.24. The maximum atomic E-state index is 11.3. The van der Waals surface area contributed by atoms with Crippen molar-refractivity contribution in [3.8, 4) is 0 Å². The van der Waals surface area contributed by atoms with Crippen molar-refractivity contribution in [3.05, 3.63) is 0 Å². The van der Waals surface area contributed by atoms with Crippen LogP contribution in [0.2, 0.25) is 5.82 Å². The molecule has 0 saturated heterocycles.